The average molecular weight is 398 g/mol. The molecule has 1 heterocycles. The standard InChI is InChI=1S/C19H16BrN3O2/c1-25-15-8-6-13(7-9-15)18-10-14(22-12-23-18)11-21-19(24)16-4-2-3-5-17(16)20/h2-10,12H,11H2,1H3,(H,21,24). The Balaban J connectivity index is 1.71. The predicted molar refractivity (Wildman–Crippen MR) is 99.3 cm³/mol. The van der Waals surface area contributed by atoms with Crippen molar-refractivity contribution in [1.82, 2.24) is 15.3 Å². The number of rotatable bonds is 5. The van der Waals surface area contributed by atoms with Gasteiger partial charge in [-0.1, -0.05) is 12.1 Å². The smallest absolute Gasteiger partial charge is 0.252 e. The molecule has 126 valence electrons. The monoisotopic (exact) mass is 397 g/mol. The van der Waals surface area contributed by atoms with E-state index in [9.17, 15) is 4.79 Å². The first kappa shape index (κ1) is 17.1. The van der Waals surface area contributed by atoms with Gasteiger partial charge in [0.15, 0.2) is 0 Å². The summed E-state index contributed by atoms with van der Waals surface area (Å²) in [7, 11) is 1.63. The maximum atomic E-state index is 12.3. The van der Waals surface area contributed by atoms with Gasteiger partial charge in [-0.25, -0.2) is 9.97 Å². The van der Waals surface area contributed by atoms with Crippen LogP contribution in [0.25, 0.3) is 11.3 Å². The fraction of sp³-hybridized carbons (Fsp3) is 0.105. The van der Waals surface area contributed by atoms with E-state index in [1.807, 2.05) is 48.5 Å². The minimum atomic E-state index is -0.155. The van der Waals surface area contributed by atoms with Gasteiger partial charge in [-0.15, -0.1) is 0 Å². The van der Waals surface area contributed by atoms with Crippen molar-refractivity contribution >= 4 is 21.8 Å². The summed E-state index contributed by atoms with van der Waals surface area (Å²) in [6.07, 6.45) is 1.50. The third kappa shape index (κ3) is 4.22. The summed E-state index contributed by atoms with van der Waals surface area (Å²) in [5.74, 6) is 0.635. The molecule has 3 aromatic rings. The topological polar surface area (TPSA) is 64.1 Å². The molecule has 0 aliphatic carbocycles. The molecular formula is C19H16BrN3O2. The number of nitrogens with zero attached hydrogens (tertiary/aromatic N) is 2. The van der Waals surface area contributed by atoms with E-state index in [0.717, 1.165) is 27.2 Å². The summed E-state index contributed by atoms with van der Waals surface area (Å²) in [4.78, 5) is 20.8. The lowest BCUT2D eigenvalue weighted by molar-refractivity contribution is 0.0949. The summed E-state index contributed by atoms with van der Waals surface area (Å²) >= 11 is 3.38. The van der Waals surface area contributed by atoms with Crippen LogP contribution in [0.15, 0.2) is 65.4 Å². The summed E-state index contributed by atoms with van der Waals surface area (Å²) in [6.45, 7) is 0.325. The van der Waals surface area contributed by atoms with Gasteiger partial charge in [0.2, 0.25) is 0 Å². The number of carbonyl (C=O) groups excluding carboxylic acids is 1. The molecule has 0 radical (unpaired) electrons. The zero-order valence-corrected chi connectivity index (χ0v) is 15.2. The molecule has 0 aliphatic heterocycles. The minimum absolute atomic E-state index is 0.155. The van der Waals surface area contributed by atoms with E-state index < -0.39 is 0 Å². The Hall–Kier alpha value is -2.73. The molecule has 0 saturated heterocycles. The van der Waals surface area contributed by atoms with Gasteiger partial charge in [0, 0.05) is 10.0 Å². The van der Waals surface area contributed by atoms with E-state index in [-0.39, 0.29) is 5.91 Å². The van der Waals surface area contributed by atoms with Crippen LogP contribution < -0.4 is 10.1 Å². The number of nitrogens with one attached hydrogen (secondary N) is 1. The van der Waals surface area contributed by atoms with E-state index in [4.69, 9.17) is 4.74 Å². The SMILES string of the molecule is COc1ccc(-c2cc(CNC(=O)c3ccccc3Br)ncn2)cc1. The third-order valence-electron chi connectivity index (χ3n) is 3.66. The second-order valence-corrected chi connectivity index (χ2v) is 6.14. The summed E-state index contributed by atoms with van der Waals surface area (Å²) < 4.78 is 5.92. The summed E-state index contributed by atoms with van der Waals surface area (Å²) in [5.41, 5.74) is 3.08. The quantitative estimate of drug-likeness (QED) is 0.709. The molecule has 3 rings (SSSR count). The van der Waals surface area contributed by atoms with Crippen molar-refractivity contribution in [2.24, 2.45) is 0 Å². The molecule has 1 N–H and O–H groups in total. The number of methoxy groups -OCH3 is 1. The van der Waals surface area contributed by atoms with Crippen molar-refractivity contribution in [3.8, 4) is 17.0 Å². The van der Waals surface area contributed by atoms with E-state index >= 15 is 0 Å². The number of hydrogen-bond donors (Lipinski definition) is 1. The van der Waals surface area contributed by atoms with Crippen LogP contribution in [-0.2, 0) is 6.54 Å². The van der Waals surface area contributed by atoms with E-state index in [2.05, 4.69) is 31.2 Å². The molecule has 5 nitrogen and oxygen atoms in total. The fourth-order valence-electron chi connectivity index (χ4n) is 2.33. The highest BCUT2D eigenvalue weighted by atomic mass is 79.9. The lowest BCUT2D eigenvalue weighted by Gasteiger charge is -2.08. The highest BCUT2D eigenvalue weighted by Crippen LogP contribution is 2.21. The molecule has 25 heavy (non-hydrogen) atoms. The number of carbonyl (C=O) groups is 1. The van der Waals surface area contributed by atoms with Crippen LogP contribution in [0.1, 0.15) is 16.1 Å². The Kier molecular flexibility index (Phi) is 5.40. The van der Waals surface area contributed by atoms with Crippen LogP contribution in [0.4, 0.5) is 0 Å². The predicted octanol–water partition coefficient (Wildman–Crippen LogP) is 3.84. The van der Waals surface area contributed by atoms with Crippen LogP contribution in [0.3, 0.4) is 0 Å². The summed E-state index contributed by atoms with van der Waals surface area (Å²) in [6, 6.07) is 16.8. The van der Waals surface area contributed by atoms with Crippen LogP contribution in [0.2, 0.25) is 0 Å². The van der Waals surface area contributed by atoms with Crippen LogP contribution >= 0.6 is 15.9 Å². The maximum Gasteiger partial charge on any atom is 0.252 e. The zero-order chi connectivity index (χ0) is 17.6. The largest absolute Gasteiger partial charge is 0.497 e. The van der Waals surface area contributed by atoms with Gasteiger partial charge in [0.05, 0.1) is 30.6 Å². The van der Waals surface area contributed by atoms with E-state index in [1.165, 1.54) is 6.33 Å². The van der Waals surface area contributed by atoms with Crippen molar-refractivity contribution in [3.05, 3.63) is 76.7 Å². The highest BCUT2D eigenvalue weighted by molar-refractivity contribution is 9.10. The van der Waals surface area contributed by atoms with Crippen molar-refractivity contribution in [1.29, 1.82) is 0 Å². The van der Waals surface area contributed by atoms with Gasteiger partial charge in [0.1, 0.15) is 12.1 Å². The molecule has 0 unspecified atom stereocenters. The number of amides is 1. The van der Waals surface area contributed by atoms with Crippen molar-refractivity contribution < 1.29 is 9.53 Å². The second-order valence-electron chi connectivity index (χ2n) is 5.29. The molecule has 2 aromatic carbocycles. The lowest BCUT2D eigenvalue weighted by Crippen LogP contribution is -2.23. The number of aromatic nitrogens is 2. The normalized spacial score (nSPS) is 10.3. The van der Waals surface area contributed by atoms with Gasteiger partial charge >= 0.3 is 0 Å². The number of hydrogen-bond acceptors (Lipinski definition) is 4. The second kappa shape index (κ2) is 7.90. The first-order chi connectivity index (χ1) is 12.2. The Labute approximate surface area is 154 Å². The van der Waals surface area contributed by atoms with Crippen LogP contribution in [0.5, 0.6) is 5.75 Å². The molecule has 0 atom stereocenters. The van der Waals surface area contributed by atoms with Gasteiger partial charge in [-0.05, 0) is 58.4 Å². The van der Waals surface area contributed by atoms with Gasteiger partial charge in [0.25, 0.3) is 5.91 Å². The lowest BCUT2D eigenvalue weighted by atomic mass is 10.1. The third-order valence-corrected chi connectivity index (χ3v) is 4.35. The summed E-state index contributed by atoms with van der Waals surface area (Å²) in [5, 5.41) is 2.87. The molecule has 0 spiro atoms. The Morgan fingerprint density at radius 3 is 2.60 bits per heavy atom. The van der Waals surface area contributed by atoms with Crippen LogP contribution in [-0.4, -0.2) is 23.0 Å². The Morgan fingerprint density at radius 1 is 1.12 bits per heavy atom. The van der Waals surface area contributed by atoms with Gasteiger partial charge in [-0.2, -0.15) is 0 Å². The molecule has 1 aromatic heterocycles. The van der Waals surface area contributed by atoms with Crippen molar-refractivity contribution in [3.63, 3.8) is 0 Å². The van der Waals surface area contributed by atoms with Crippen molar-refractivity contribution in [2.45, 2.75) is 6.54 Å². The van der Waals surface area contributed by atoms with Crippen molar-refractivity contribution in [2.75, 3.05) is 7.11 Å². The van der Waals surface area contributed by atoms with Crippen LogP contribution in [0, 0.1) is 0 Å². The average Bonchev–Trinajstić information content (AvgIpc) is 2.67. The molecular weight excluding hydrogens is 382 g/mol. The first-order valence-corrected chi connectivity index (χ1v) is 8.45. The molecule has 0 bridgehead atoms. The van der Waals surface area contributed by atoms with Gasteiger partial charge in [-0.3, -0.25) is 4.79 Å². The fourth-order valence-corrected chi connectivity index (χ4v) is 2.79. The van der Waals surface area contributed by atoms with Gasteiger partial charge < -0.3 is 10.1 Å². The molecule has 0 saturated carbocycles. The highest BCUT2D eigenvalue weighted by Gasteiger charge is 2.09. The molecule has 1 amide bonds. The zero-order valence-electron chi connectivity index (χ0n) is 13.6. The molecule has 0 fully saturated rings. The van der Waals surface area contributed by atoms with E-state index in [0.29, 0.717) is 12.1 Å². The van der Waals surface area contributed by atoms with E-state index in [1.54, 1.807) is 13.2 Å². The maximum absolute atomic E-state index is 12.3. The first-order valence-electron chi connectivity index (χ1n) is 7.65. The number of benzene rings is 2. The number of halogens is 1. The molecule has 0 aliphatic rings. The molecule has 6 heteroatoms. The minimum Gasteiger partial charge on any atom is -0.497 e. The Morgan fingerprint density at radius 2 is 1.88 bits per heavy atom. The Bertz CT molecular complexity index is 882. The number of ether oxygens (including phenoxy) is 1.